The second-order valence-corrected chi connectivity index (χ2v) is 6.74. The zero-order chi connectivity index (χ0) is 20.4. The molecule has 5 nitrogen and oxygen atoms in total. The van der Waals surface area contributed by atoms with Gasteiger partial charge in [0.2, 0.25) is 0 Å². The van der Waals surface area contributed by atoms with Crippen LogP contribution in [0, 0.1) is 0 Å². The first-order chi connectivity index (χ1) is 14.1. The molecule has 0 bridgehead atoms. The molecule has 3 aromatic rings. The lowest BCUT2D eigenvalue weighted by molar-refractivity contribution is 0.0468. The number of fused-ring (bicyclic) bond motifs is 3. The summed E-state index contributed by atoms with van der Waals surface area (Å²) < 4.78 is 15.7. The molecular formula is C24H20O5. The molecule has 0 unspecified atom stereocenters. The van der Waals surface area contributed by atoms with Crippen molar-refractivity contribution < 1.29 is 23.8 Å². The number of Topliss-reactive ketones (excluding diaryl/α,β-unsaturated/α-hetero) is 1. The summed E-state index contributed by atoms with van der Waals surface area (Å²) in [7, 11) is 2.91. The van der Waals surface area contributed by atoms with Gasteiger partial charge in [0, 0.05) is 5.56 Å². The van der Waals surface area contributed by atoms with E-state index in [-0.39, 0.29) is 18.0 Å². The molecule has 0 fully saturated rings. The number of esters is 1. The van der Waals surface area contributed by atoms with E-state index < -0.39 is 5.97 Å². The number of benzene rings is 3. The lowest BCUT2D eigenvalue weighted by Crippen LogP contribution is -2.16. The number of ketones is 1. The monoisotopic (exact) mass is 388 g/mol. The van der Waals surface area contributed by atoms with Crippen molar-refractivity contribution in [3.8, 4) is 22.6 Å². The maximum atomic E-state index is 12.7. The van der Waals surface area contributed by atoms with Gasteiger partial charge in [0.25, 0.3) is 0 Å². The highest BCUT2D eigenvalue weighted by molar-refractivity contribution is 6.02. The molecule has 0 radical (unpaired) electrons. The van der Waals surface area contributed by atoms with E-state index in [0.717, 1.165) is 17.5 Å². The summed E-state index contributed by atoms with van der Waals surface area (Å²) in [6, 6.07) is 18.8. The average Bonchev–Trinajstić information content (AvgIpc) is 3.14. The Morgan fingerprint density at radius 1 is 0.828 bits per heavy atom. The molecular weight excluding hydrogens is 368 g/mol. The highest BCUT2D eigenvalue weighted by atomic mass is 16.5. The summed E-state index contributed by atoms with van der Waals surface area (Å²) in [6.45, 7) is -0.361. The molecule has 1 aliphatic rings. The van der Waals surface area contributed by atoms with Crippen LogP contribution in [0.5, 0.6) is 11.5 Å². The summed E-state index contributed by atoms with van der Waals surface area (Å²) in [4.78, 5) is 25.2. The molecule has 0 aliphatic heterocycles. The third-order valence-electron chi connectivity index (χ3n) is 5.09. The summed E-state index contributed by atoms with van der Waals surface area (Å²) in [5.41, 5.74) is 5.32. The first kappa shape index (κ1) is 18.7. The molecule has 0 saturated heterocycles. The van der Waals surface area contributed by atoms with E-state index in [2.05, 4.69) is 12.1 Å². The lowest BCUT2D eigenvalue weighted by Gasteiger charge is -2.12. The Labute approximate surface area is 168 Å². The van der Waals surface area contributed by atoms with Crippen molar-refractivity contribution in [1.29, 1.82) is 0 Å². The van der Waals surface area contributed by atoms with Crippen molar-refractivity contribution in [3.05, 3.63) is 82.9 Å². The fraction of sp³-hybridized carbons (Fsp3) is 0.167. The molecule has 29 heavy (non-hydrogen) atoms. The van der Waals surface area contributed by atoms with Gasteiger partial charge in [0.15, 0.2) is 12.4 Å². The normalized spacial score (nSPS) is 11.4. The Balaban J connectivity index is 1.52. The van der Waals surface area contributed by atoms with E-state index in [1.807, 2.05) is 24.3 Å². The fourth-order valence-electron chi connectivity index (χ4n) is 3.64. The standard InChI is InChI=1S/C24H20O5/c1-27-21-8-5-9-22(28-2)23(21)24(26)29-14-20(25)17-11-10-16-12-15-6-3-4-7-18(15)19(16)13-17/h3-11,13H,12,14H2,1-2H3. The molecule has 0 spiro atoms. The zero-order valence-electron chi connectivity index (χ0n) is 16.2. The van der Waals surface area contributed by atoms with Crippen LogP contribution in [0.25, 0.3) is 11.1 Å². The van der Waals surface area contributed by atoms with Gasteiger partial charge in [0.1, 0.15) is 17.1 Å². The van der Waals surface area contributed by atoms with Crippen molar-refractivity contribution in [1.82, 2.24) is 0 Å². The molecule has 0 atom stereocenters. The van der Waals surface area contributed by atoms with Crippen LogP contribution in [-0.4, -0.2) is 32.6 Å². The Kier molecular flexibility index (Phi) is 5.04. The maximum absolute atomic E-state index is 12.7. The van der Waals surface area contributed by atoms with Crippen LogP contribution < -0.4 is 9.47 Å². The average molecular weight is 388 g/mol. The smallest absolute Gasteiger partial charge is 0.346 e. The molecule has 0 amide bonds. The van der Waals surface area contributed by atoms with Gasteiger partial charge >= 0.3 is 5.97 Å². The van der Waals surface area contributed by atoms with Gasteiger partial charge in [-0.25, -0.2) is 4.79 Å². The van der Waals surface area contributed by atoms with Crippen LogP contribution in [0.15, 0.2) is 60.7 Å². The Morgan fingerprint density at radius 3 is 2.24 bits per heavy atom. The molecule has 0 aromatic heterocycles. The molecule has 1 aliphatic carbocycles. The second-order valence-electron chi connectivity index (χ2n) is 6.74. The molecule has 0 heterocycles. The van der Waals surface area contributed by atoms with Crippen LogP contribution >= 0.6 is 0 Å². The summed E-state index contributed by atoms with van der Waals surface area (Å²) in [5.74, 6) is -0.273. The lowest BCUT2D eigenvalue weighted by atomic mass is 10.0. The van der Waals surface area contributed by atoms with Crippen molar-refractivity contribution >= 4 is 11.8 Å². The molecule has 0 saturated carbocycles. The van der Waals surface area contributed by atoms with Gasteiger partial charge in [-0.2, -0.15) is 0 Å². The minimum atomic E-state index is -0.667. The molecule has 5 heteroatoms. The number of carbonyl (C=O) groups excluding carboxylic acids is 2. The van der Waals surface area contributed by atoms with Crippen LogP contribution in [0.4, 0.5) is 0 Å². The van der Waals surface area contributed by atoms with Gasteiger partial charge in [-0.3, -0.25) is 4.79 Å². The maximum Gasteiger partial charge on any atom is 0.346 e. The first-order valence-electron chi connectivity index (χ1n) is 9.25. The summed E-state index contributed by atoms with van der Waals surface area (Å²) in [5, 5.41) is 0. The number of ether oxygens (including phenoxy) is 3. The molecule has 0 N–H and O–H groups in total. The number of hydrogen-bond donors (Lipinski definition) is 0. The SMILES string of the molecule is COc1cccc(OC)c1C(=O)OCC(=O)c1ccc2c(c1)-c1ccccc1C2. The predicted octanol–water partition coefficient (Wildman–Crippen LogP) is 4.31. The van der Waals surface area contributed by atoms with Gasteiger partial charge in [-0.15, -0.1) is 0 Å². The van der Waals surface area contributed by atoms with E-state index in [9.17, 15) is 9.59 Å². The highest BCUT2D eigenvalue weighted by Gasteiger charge is 2.22. The first-order valence-corrected chi connectivity index (χ1v) is 9.25. The predicted molar refractivity (Wildman–Crippen MR) is 109 cm³/mol. The number of rotatable bonds is 6. The molecule has 146 valence electrons. The number of methoxy groups -OCH3 is 2. The van der Waals surface area contributed by atoms with Crippen LogP contribution in [-0.2, 0) is 11.2 Å². The molecule has 3 aromatic carbocycles. The third-order valence-corrected chi connectivity index (χ3v) is 5.09. The minimum Gasteiger partial charge on any atom is -0.496 e. The Bertz CT molecular complexity index is 1080. The molecule has 4 rings (SSSR count). The largest absolute Gasteiger partial charge is 0.496 e. The van der Waals surface area contributed by atoms with Crippen molar-refractivity contribution in [3.63, 3.8) is 0 Å². The van der Waals surface area contributed by atoms with Crippen molar-refractivity contribution in [2.75, 3.05) is 20.8 Å². The van der Waals surface area contributed by atoms with Crippen LogP contribution in [0.3, 0.4) is 0 Å². The number of carbonyl (C=O) groups is 2. The highest BCUT2D eigenvalue weighted by Crippen LogP contribution is 2.37. The van der Waals surface area contributed by atoms with E-state index in [0.29, 0.717) is 17.1 Å². The summed E-state index contributed by atoms with van der Waals surface area (Å²) in [6.07, 6.45) is 0.864. The van der Waals surface area contributed by atoms with Crippen LogP contribution in [0.2, 0.25) is 0 Å². The van der Waals surface area contributed by atoms with E-state index >= 15 is 0 Å². The van der Waals surface area contributed by atoms with Crippen molar-refractivity contribution in [2.45, 2.75) is 6.42 Å². The Hall–Kier alpha value is -3.60. The minimum absolute atomic E-state index is 0.160. The zero-order valence-corrected chi connectivity index (χ0v) is 16.2. The van der Waals surface area contributed by atoms with E-state index in [1.165, 1.54) is 25.3 Å². The van der Waals surface area contributed by atoms with Gasteiger partial charge in [-0.1, -0.05) is 42.5 Å². The van der Waals surface area contributed by atoms with E-state index in [1.54, 1.807) is 24.3 Å². The third kappa shape index (κ3) is 3.47. The van der Waals surface area contributed by atoms with Gasteiger partial charge < -0.3 is 14.2 Å². The quantitative estimate of drug-likeness (QED) is 0.364. The Morgan fingerprint density at radius 2 is 1.52 bits per heavy atom. The summed E-state index contributed by atoms with van der Waals surface area (Å²) >= 11 is 0. The number of hydrogen-bond acceptors (Lipinski definition) is 5. The second kappa shape index (κ2) is 7.80. The van der Waals surface area contributed by atoms with E-state index in [4.69, 9.17) is 14.2 Å². The van der Waals surface area contributed by atoms with Gasteiger partial charge in [0.05, 0.1) is 14.2 Å². The van der Waals surface area contributed by atoms with Crippen molar-refractivity contribution in [2.24, 2.45) is 0 Å². The van der Waals surface area contributed by atoms with Gasteiger partial charge in [-0.05, 0) is 46.9 Å². The fourth-order valence-corrected chi connectivity index (χ4v) is 3.64. The van der Waals surface area contributed by atoms with Crippen LogP contribution in [0.1, 0.15) is 31.8 Å². The topological polar surface area (TPSA) is 61.8 Å².